The number of benzene rings is 2. The first-order valence-electron chi connectivity index (χ1n) is 11.0. The van der Waals surface area contributed by atoms with Gasteiger partial charge in [0.05, 0.1) is 4.90 Å². The minimum atomic E-state index is -3.81. The number of hydrogen-bond acceptors (Lipinski definition) is 6. The van der Waals surface area contributed by atoms with Gasteiger partial charge >= 0.3 is 0 Å². The van der Waals surface area contributed by atoms with E-state index < -0.39 is 10.0 Å². The van der Waals surface area contributed by atoms with E-state index in [0.29, 0.717) is 48.6 Å². The van der Waals surface area contributed by atoms with E-state index in [0.717, 1.165) is 19.5 Å². The Hall–Kier alpha value is -2.78. The third kappa shape index (κ3) is 5.16. The number of nitrogens with one attached hydrogen (secondary N) is 2. The Kier molecular flexibility index (Phi) is 6.86. The van der Waals surface area contributed by atoms with Crippen LogP contribution in [0.15, 0.2) is 47.4 Å². The van der Waals surface area contributed by atoms with E-state index in [4.69, 9.17) is 9.47 Å². The SMILES string of the molecule is CCC(CNC(=O)c1ccc(NS(=O)(=O)c2ccc3c(c2)OCCO3)cc1)N1CCCC1. The van der Waals surface area contributed by atoms with Gasteiger partial charge in [-0.15, -0.1) is 0 Å². The number of hydrogen-bond donors (Lipinski definition) is 2. The number of amides is 1. The predicted molar refractivity (Wildman–Crippen MR) is 122 cm³/mol. The maximum Gasteiger partial charge on any atom is 0.262 e. The number of likely N-dealkylation sites (tertiary alicyclic amines) is 1. The topological polar surface area (TPSA) is 97.0 Å². The van der Waals surface area contributed by atoms with Gasteiger partial charge in [0, 0.05) is 29.9 Å². The summed E-state index contributed by atoms with van der Waals surface area (Å²) < 4.78 is 38.9. The first kappa shape index (κ1) is 22.4. The van der Waals surface area contributed by atoms with Gasteiger partial charge in [0.25, 0.3) is 15.9 Å². The van der Waals surface area contributed by atoms with Crippen LogP contribution < -0.4 is 19.5 Å². The van der Waals surface area contributed by atoms with Gasteiger partial charge in [0.15, 0.2) is 11.5 Å². The third-order valence-electron chi connectivity index (χ3n) is 5.85. The molecule has 2 aliphatic heterocycles. The van der Waals surface area contributed by atoms with Gasteiger partial charge in [-0.05, 0) is 68.8 Å². The third-order valence-corrected chi connectivity index (χ3v) is 7.23. The number of rotatable bonds is 8. The maximum absolute atomic E-state index is 12.8. The molecule has 2 N–H and O–H groups in total. The number of carbonyl (C=O) groups is 1. The number of ether oxygens (including phenoxy) is 2. The van der Waals surface area contributed by atoms with Gasteiger partial charge in [-0.1, -0.05) is 6.92 Å². The quantitative estimate of drug-likeness (QED) is 0.630. The number of fused-ring (bicyclic) bond motifs is 1. The smallest absolute Gasteiger partial charge is 0.262 e. The summed E-state index contributed by atoms with van der Waals surface area (Å²) in [5.74, 6) is 0.773. The van der Waals surface area contributed by atoms with Crippen molar-refractivity contribution in [3.05, 3.63) is 48.0 Å². The van der Waals surface area contributed by atoms with Gasteiger partial charge in [-0.2, -0.15) is 0 Å². The molecular weight excluding hydrogens is 430 g/mol. The Morgan fingerprint density at radius 3 is 2.41 bits per heavy atom. The van der Waals surface area contributed by atoms with Crippen molar-refractivity contribution in [3.8, 4) is 11.5 Å². The lowest BCUT2D eigenvalue weighted by molar-refractivity contribution is 0.0937. The number of carbonyl (C=O) groups excluding carboxylic acids is 1. The lowest BCUT2D eigenvalue weighted by atomic mass is 10.1. The molecule has 1 atom stereocenters. The fourth-order valence-electron chi connectivity index (χ4n) is 4.05. The molecule has 1 fully saturated rings. The number of sulfonamides is 1. The van der Waals surface area contributed by atoms with Crippen molar-refractivity contribution in [3.63, 3.8) is 0 Å². The van der Waals surface area contributed by atoms with Crippen LogP contribution in [0.2, 0.25) is 0 Å². The van der Waals surface area contributed by atoms with Crippen LogP contribution in [0.5, 0.6) is 11.5 Å². The van der Waals surface area contributed by atoms with Crippen LogP contribution in [0.3, 0.4) is 0 Å². The molecule has 32 heavy (non-hydrogen) atoms. The molecule has 172 valence electrons. The summed E-state index contributed by atoms with van der Waals surface area (Å²) >= 11 is 0. The molecule has 0 spiro atoms. The molecule has 0 aromatic heterocycles. The summed E-state index contributed by atoms with van der Waals surface area (Å²) in [6, 6.07) is 11.3. The molecule has 0 saturated carbocycles. The van der Waals surface area contributed by atoms with Crippen LogP contribution in [-0.4, -0.2) is 58.1 Å². The highest BCUT2D eigenvalue weighted by molar-refractivity contribution is 7.92. The molecule has 2 aromatic rings. The van der Waals surface area contributed by atoms with E-state index >= 15 is 0 Å². The van der Waals surface area contributed by atoms with Gasteiger partial charge in [0.1, 0.15) is 13.2 Å². The molecule has 2 aromatic carbocycles. The normalized spacial score (nSPS) is 17.0. The second-order valence-corrected chi connectivity index (χ2v) is 9.69. The fraction of sp³-hybridized carbons (Fsp3) is 0.435. The Morgan fingerprint density at radius 2 is 1.72 bits per heavy atom. The van der Waals surface area contributed by atoms with Crippen LogP contribution in [0, 0.1) is 0 Å². The molecule has 2 heterocycles. The minimum absolute atomic E-state index is 0.0797. The van der Waals surface area contributed by atoms with E-state index in [2.05, 4.69) is 21.9 Å². The van der Waals surface area contributed by atoms with Crippen LogP contribution in [0.25, 0.3) is 0 Å². The summed E-state index contributed by atoms with van der Waals surface area (Å²) in [7, 11) is -3.81. The predicted octanol–water partition coefficient (Wildman–Crippen LogP) is 2.86. The molecule has 0 radical (unpaired) electrons. The van der Waals surface area contributed by atoms with Crippen LogP contribution in [0.1, 0.15) is 36.5 Å². The summed E-state index contributed by atoms with van der Waals surface area (Å²) in [4.78, 5) is 15.0. The van der Waals surface area contributed by atoms with Crippen molar-refractivity contribution in [1.29, 1.82) is 0 Å². The van der Waals surface area contributed by atoms with E-state index in [1.54, 1.807) is 30.3 Å². The zero-order valence-corrected chi connectivity index (χ0v) is 19.0. The lowest BCUT2D eigenvalue weighted by Gasteiger charge is -2.26. The first-order chi connectivity index (χ1) is 15.5. The van der Waals surface area contributed by atoms with Gasteiger partial charge in [-0.3, -0.25) is 14.4 Å². The summed E-state index contributed by atoms with van der Waals surface area (Å²) in [6.07, 6.45) is 3.42. The highest BCUT2D eigenvalue weighted by Gasteiger charge is 2.22. The largest absolute Gasteiger partial charge is 0.486 e. The van der Waals surface area contributed by atoms with E-state index in [-0.39, 0.29) is 10.8 Å². The molecule has 1 saturated heterocycles. The number of anilines is 1. The van der Waals surface area contributed by atoms with E-state index in [9.17, 15) is 13.2 Å². The summed E-state index contributed by atoms with van der Waals surface area (Å²) in [5.41, 5.74) is 0.864. The molecule has 8 nitrogen and oxygen atoms in total. The average Bonchev–Trinajstić information content (AvgIpc) is 3.34. The summed E-state index contributed by atoms with van der Waals surface area (Å²) in [5, 5.41) is 3.00. The Labute approximate surface area is 189 Å². The second-order valence-electron chi connectivity index (χ2n) is 8.00. The van der Waals surface area contributed by atoms with Crippen LogP contribution in [-0.2, 0) is 10.0 Å². The Bertz CT molecular complexity index is 1050. The van der Waals surface area contributed by atoms with E-state index in [1.807, 2.05) is 0 Å². The van der Waals surface area contributed by atoms with Gasteiger partial charge in [0.2, 0.25) is 0 Å². The molecule has 9 heteroatoms. The Morgan fingerprint density at radius 1 is 1.03 bits per heavy atom. The molecule has 0 aliphatic carbocycles. The minimum Gasteiger partial charge on any atom is -0.486 e. The average molecular weight is 460 g/mol. The Balaban J connectivity index is 1.37. The van der Waals surface area contributed by atoms with Crippen molar-refractivity contribution < 1.29 is 22.7 Å². The van der Waals surface area contributed by atoms with Gasteiger partial charge in [-0.25, -0.2) is 8.42 Å². The summed E-state index contributed by atoms with van der Waals surface area (Å²) in [6.45, 7) is 5.74. The highest BCUT2D eigenvalue weighted by Crippen LogP contribution is 2.32. The monoisotopic (exact) mass is 459 g/mol. The zero-order valence-electron chi connectivity index (χ0n) is 18.2. The van der Waals surface area contributed by atoms with Crippen molar-refractivity contribution in [2.45, 2.75) is 37.1 Å². The molecule has 1 unspecified atom stereocenters. The van der Waals surface area contributed by atoms with Crippen LogP contribution >= 0.6 is 0 Å². The standard InChI is InChI=1S/C23H29N3O5S/c1-2-19(26-11-3-4-12-26)16-24-23(27)17-5-7-18(8-6-17)25-32(28,29)20-9-10-21-22(15-20)31-14-13-30-21/h5-10,15,19,25H,2-4,11-14,16H2,1H3,(H,24,27). The van der Waals surface area contributed by atoms with E-state index in [1.165, 1.54) is 25.0 Å². The van der Waals surface area contributed by atoms with Crippen molar-refractivity contribution in [2.24, 2.45) is 0 Å². The van der Waals surface area contributed by atoms with Gasteiger partial charge < -0.3 is 14.8 Å². The molecule has 2 aliphatic rings. The maximum atomic E-state index is 12.8. The highest BCUT2D eigenvalue weighted by atomic mass is 32.2. The fourth-order valence-corrected chi connectivity index (χ4v) is 5.12. The molecule has 0 bridgehead atoms. The van der Waals surface area contributed by atoms with Crippen molar-refractivity contribution >= 4 is 21.6 Å². The van der Waals surface area contributed by atoms with Crippen LogP contribution in [0.4, 0.5) is 5.69 Å². The van der Waals surface area contributed by atoms with Crippen molar-refractivity contribution in [1.82, 2.24) is 10.2 Å². The molecule has 4 rings (SSSR count). The zero-order chi connectivity index (χ0) is 22.6. The van der Waals surface area contributed by atoms with Crippen molar-refractivity contribution in [2.75, 3.05) is 37.6 Å². The number of nitrogens with zero attached hydrogens (tertiary/aromatic N) is 1. The molecular formula is C23H29N3O5S. The lowest BCUT2D eigenvalue weighted by Crippen LogP contribution is -2.42. The second kappa shape index (κ2) is 9.79. The first-order valence-corrected chi connectivity index (χ1v) is 12.5. The molecule has 1 amide bonds.